The molecule has 2 rings (SSSR count). The van der Waals surface area contributed by atoms with Gasteiger partial charge in [-0.05, 0) is 52.9 Å². The van der Waals surface area contributed by atoms with Crippen molar-refractivity contribution in [3.8, 4) is 0 Å². The molecule has 1 aromatic heterocycles. The molecule has 1 unspecified atom stereocenters. The lowest BCUT2D eigenvalue weighted by Gasteiger charge is -2.15. The lowest BCUT2D eigenvalue weighted by molar-refractivity contribution is 0.594. The van der Waals surface area contributed by atoms with E-state index in [0.717, 1.165) is 6.42 Å². The van der Waals surface area contributed by atoms with Crippen LogP contribution in [0.4, 0.5) is 0 Å². The van der Waals surface area contributed by atoms with Gasteiger partial charge in [-0.15, -0.1) is 0 Å². The summed E-state index contributed by atoms with van der Waals surface area (Å²) in [6.07, 6.45) is 1.05. The summed E-state index contributed by atoms with van der Waals surface area (Å²) in [4.78, 5) is 0. The normalized spacial score (nSPS) is 12.9. The van der Waals surface area contributed by atoms with E-state index in [1.165, 1.54) is 16.7 Å². The van der Waals surface area contributed by atoms with Crippen LogP contribution >= 0.6 is 11.3 Å². The molecule has 2 aromatic rings. The highest BCUT2D eigenvalue weighted by Gasteiger charge is 2.10. The van der Waals surface area contributed by atoms with Crippen molar-refractivity contribution in [2.45, 2.75) is 32.2 Å². The number of thiophene rings is 1. The molecule has 0 spiro atoms. The Bertz CT molecular complexity index is 456. The van der Waals surface area contributed by atoms with Crippen LogP contribution in [-0.2, 0) is 6.42 Å². The second-order valence-electron chi connectivity index (χ2n) is 5.00. The van der Waals surface area contributed by atoms with Crippen molar-refractivity contribution < 1.29 is 0 Å². The van der Waals surface area contributed by atoms with Crippen LogP contribution in [0.25, 0.3) is 0 Å². The van der Waals surface area contributed by atoms with Crippen LogP contribution in [0.5, 0.6) is 0 Å². The first-order valence-corrected chi connectivity index (χ1v) is 7.43. The van der Waals surface area contributed by atoms with Gasteiger partial charge in [0.1, 0.15) is 0 Å². The fourth-order valence-electron chi connectivity index (χ4n) is 2.13. The van der Waals surface area contributed by atoms with Crippen LogP contribution in [0, 0.1) is 0 Å². The quantitative estimate of drug-likeness (QED) is 0.840. The van der Waals surface area contributed by atoms with Gasteiger partial charge in [-0.1, -0.05) is 38.1 Å². The molecule has 1 aromatic carbocycles. The van der Waals surface area contributed by atoms with E-state index in [1.807, 2.05) is 7.05 Å². The lowest BCUT2D eigenvalue weighted by Crippen LogP contribution is -2.18. The molecule has 1 nitrogen and oxygen atoms in total. The van der Waals surface area contributed by atoms with Crippen LogP contribution in [0.3, 0.4) is 0 Å². The number of likely N-dealkylation sites (N-methyl/N-ethyl adjacent to an activating group) is 1. The van der Waals surface area contributed by atoms with Gasteiger partial charge in [-0.25, -0.2) is 0 Å². The zero-order valence-corrected chi connectivity index (χ0v) is 12.1. The number of hydrogen-bond acceptors (Lipinski definition) is 2. The first-order valence-electron chi connectivity index (χ1n) is 6.49. The van der Waals surface area contributed by atoms with Crippen LogP contribution in [0.1, 0.15) is 42.5 Å². The smallest absolute Gasteiger partial charge is 0.0366 e. The molecule has 96 valence electrons. The van der Waals surface area contributed by atoms with Crippen molar-refractivity contribution in [3.63, 3.8) is 0 Å². The molecule has 1 N–H and O–H groups in total. The van der Waals surface area contributed by atoms with Crippen molar-refractivity contribution in [3.05, 3.63) is 57.8 Å². The zero-order chi connectivity index (χ0) is 13.0. The van der Waals surface area contributed by atoms with Gasteiger partial charge in [-0.3, -0.25) is 0 Å². The summed E-state index contributed by atoms with van der Waals surface area (Å²) >= 11 is 1.76. The third-order valence-electron chi connectivity index (χ3n) is 3.38. The molecule has 0 radical (unpaired) electrons. The Kier molecular flexibility index (Phi) is 4.56. The Morgan fingerprint density at radius 2 is 1.78 bits per heavy atom. The molecule has 1 atom stereocenters. The van der Waals surface area contributed by atoms with Crippen molar-refractivity contribution in [1.29, 1.82) is 0 Å². The highest BCUT2D eigenvalue weighted by molar-refractivity contribution is 7.07. The van der Waals surface area contributed by atoms with Gasteiger partial charge in [0.05, 0.1) is 0 Å². The Hall–Kier alpha value is -1.12. The number of hydrogen-bond donors (Lipinski definition) is 1. The van der Waals surface area contributed by atoms with Gasteiger partial charge in [0.25, 0.3) is 0 Å². The standard InChI is InChI=1S/C16H21NS/c1-12(2)14-6-4-13(5-7-14)10-16(17-3)15-8-9-18-11-15/h4-9,11-12,16-17H,10H2,1-3H3. The molecule has 0 aliphatic rings. The molecule has 0 bridgehead atoms. The maximum Gasteiger partial charge on any atom is 0.0366 e. The van der Waals surface area contributed by atoms with Gasteiger partial charge >= 0.3 is 0 Å². The van der Waals surface area contributed by atoms with Crippen molar-refractivity contribution in [2.75, 3.05) is 7.05 Å². The molecule has 18 heavy (non-hydrogen) atoms. The number of nitrogens with one attached hydrogen (secondary N) is 1. The van der Waals surface area contributed by atoms with E-state index in [4.69, 9.17) is 0 Å². The molecule has 2 heteroatoms. The average Bonchev–Trinajstić information content (AvgIpc) is 2.90. The maximum absolute atomic E-state index is 3.40. The van der Waals surface area contributed by atoms with E-state index in [0.29, 0.717) is 12.0 Å². The molecule has 0 saturated carbocycles. The fraction of sp³-hybridized carbons (Fsp3) is 0.375. The summed E-state index contributed by atoms with van der Waals surface area (Å²) in [6, 6.07) is 11.6. The summed E-state index contributed by atoms with van der Waals surface area (Å²) < 4.78 is 0. The van der Waals surface area contributed by atoms with Crippen LogP contribution in [0.2, 0.25) is 0 Å². The second-order valence-corrected chi connectivity index (χ2v) is 5.78. The van der Waals surface area contributed by atoms with E-state index in [1.54, 1.807) is 11.3 Å². The molecule has 0 saturated heterocycles. The van der Waals surface area contributed by atoms with Crippen LogP contribution < -0.4 is 5.32 Å². The third kappa shape index (κ3) is 3.21. The van der Waals surface area contributed by atoms with E-state index in [-0.39, 0.29) is 0 Å². The summed E-state index contributed by atoms with van der Waals surface area (Å²) in [5.74, 6) is 0.607. The molecular formula is C16H21NS. The number of benzene rings is 1. The highest BCUT2D eigenvalue weighted by Crippen LogP contribution is 2.22. The minimum atomic E-state index is 0.418. The topological polar surface area (TPSA) is 12.0 Å². The fourth-order valence-corrected chi connectivity index (χ4v) is 2.85. The van der Waals surface area contributed by atoms with Gasteiger partial charge in [0.2, 0.25) is 0 Å². The zero-order valence-electron chi connectivity index (χ0n) is 11.3. The van der Waals surface area contributed by atoms with Gasteiger partial charge in [0, 0.05) is 6.04 Å². The van der Waals surface area contributed by atoms with E-state index < -0.39 is 0 Å². The predicted molar refractivity (Wildman–Crippen MR) is 80.4 cm³/mol. The van der Waals surface area contributed by atoms with E-state index in [2.05, 4.69) is 60.3 Å². The average molecular weight is 259 g/mol. The Labute approximate surface area is 114 Å². The largest absolute Gasteiger partial charge is 0.313 e. The lowest BCUT2D eigenvalue weighted by atomic mass is 9.97. The van der Waals surface area contributed by atoms with Gasteiger partial charge < -0.3 is 5.32 Å². The van der Waals surface area contributed by atoms with Crippen molar-refractivity contribution in [2.24, 2.45) is 0 Å². The maximum atomic E-state index is 3.40. The molecule has 0 fully saturated rings. The summed E-state index contributed by atoms with van der Waals surface area (Å²) in [5, 5.41) is 7.76. The number of rotatable bonds is 5. The Morgan fingerprint density at radius 3 is 2.28 bits per heavy atom. The summed E-state index contributed by atoms with van der Waals surface area (Å²) in [6.45, 7) is 4.47. The molecule has 0 amide bonds. The summed E-state index contributed by atoms with van der Waals surface area (Å²) in [7, 11) is 2.03. The predicted octanol–water partition coefficient (Wildman–Crippen LogP) is 4.37. The summed E-state index contributed by atoms with van der Waals surface area (Å²) in [5.41, 5.74) is 4.19. The van der Waals surface area contributed by atoms with Crippen molar-refractivity contribution >= 4 is 11.3 Å². The molecule has 1 heterocycles. The molecular weight excluding hydrogens is 238 g/mol. The van der Waals surface area contributed by atoms with E-state index in [9.17, 15) is 0 Å². The van der Waals surface area contributed by atoms with Gasteiger partial charge in [-0.2, -0.15) is 11.3 Å². The van der Waals surface area contributed by atoms with Crippen molar-refractivity contribution in [1.82, 2.24) is 5.32 Å². The molecule has 0 aliphatic carbocycles. The second kappa shape index (κ2) is 6.17. The van der Waals surface area contributed by atoms with Crippen LogP contribution in [0.15, 0.2) is 41.1 Å². The van der Waals surface area contributed by atoms with Crippen LogP contribution in [-0.4, -0.2) is 7.05 Å². The first kappa shape index (κ1) is 13.3. The SMILES string of the molecule is CNC(Cc1ccc(C(C)C)cc1)c1ccsc1. The van der Waals surface area contributed by atoms with E-state index >= 15 is 0 Å². The third-order valence-corrected chi connectivity index (χ3v) is 4.08. The minimum absolute atomic E-state index is 0.418. The minimum Gasteiger partial charge on any atom is -0.313 e. The highest BCUT2D eigenvalue weighted by atomic mass is 32.1. The molecule has 0 aliphatic heterocycles. The first-order chi connectivity index (χ1) is 8.70. The Balaban J connectivity index is 2.08. The monoisotopic (exact) mass is 259 g/mol. The van der Waals surface area contributed by atoms with Gasteiger partial charge in [0.15, 0.2) is 0 Å². The Morgan fingerprint density at radius 1 is 1.06 bits per heavy atom.